The molecule has 0 amide bonds. The molecule has 9 atom stereocenters. The molecule has 4 fully saturated rings. The van der Waals surface area contributed by atoms with Gasteiger partial charge in [0, 0.05) is 12.1 Å². The van der Waals surface area contributed by atoms with Crippen molar-refractivity contribution in [2.75, 3.05) is 19.8 Å². The lowest BCUT2D eigenvalue weighted by Gasteiger charge is -2.68. The van der Waals surface area contributed by atoms with Crippen LogP contribution in [0.2, 0.25) is 0 Å². The number of hydrogen-bond donors (Lipinski definition) is 2. The molecule has 0 bridgehead atoms. The van der Waals surface area contributed by atoms with Gasteiger partial charge < -0.3 is 10.4 Å². The summed E-state index contributed by atoms with van der Waals surface area (Å²) in [6.07, 6.45) is 21.8. The molecule has 6 rings (SSSR count). The number of aliphatic hydroxyl groups is 1. The Kier molecular flexibility index (Phi) is 6.79. The van der Waals surface area contributed by atoms with Gasteiger partial charge in [-0.3, -0.25) is 4.39 Å². The third-order valence-corrected chi connectivity index (χ3v) is 13.8. The number of hydrogen-bond acceptors (Lipinski definition) is 2. The molecule has 0 aromatic heterocycles. The molecule has 0 saturated heterocycles. The number of halogens is 1. The Morgan fingerprint density at radius 2 is 1.73 bits per heavy atom. The number of β-amino-alcohol motifs (C(OH)–C–C–N with tert-alkyl or cyclic N) is 1. The zero-order chi connectivity index (χ0) is 26.1. The van der Waals surface area contributed by atoms with Crippen LogP contribution in [-0.2, 0) is 0 Å². The van der Waals surface area contributed by atoms with Crippen LogP contribution in [0, 0.1) is 51.8 Å². The molecule has 0 radical (unpaired) electrons. The van der Waals surface area contributed by atoms with E-state index in [0.717, 1.165) is 55.4 Å². The first-order valence-corrected chi connectivity index (χ1v) is 16.0. The van der Waals surface area contributed by atoms with E-state index >= 15 is 0 Å². The minimum atomic E-state index is -0.158. The minimum absolute atomic E-state index is 0.158. The molecule has 0 spiro atoms. The van der Waals surface area contributed by atoms with Crippen molar-refractivity contribution in [2.24, 2.45) is 51.8 Å². The van der Waals surface area contributed by atoms with E-state index in [1.165, 1.54) is 64.2 Å². The molecule has 208 valence electrons. The monoisotopic (exact) mass is 511 g/mol. The highest BCUT2D eigenvalue weighted by Gasteiger charge is 2.65. The van der Waals surface area contributed by atoms with Gasteiger partial charge in [-0.25, -0.2) is 0 Å². The van der Waals surface area contributed by atoms with Crippen molar-refractivity contribution in [1.29, 1.82) is 0 Å². The van der Waals surface area contributed by atoms with E-state index in [1.807, 2.05) is 0 Å². The molecule has 0 aromatic rings. The van der Waals surface area contributed by atoms with Gasteiger partial charge in [-0.1, -0.05) is 46.3 Å². The predicted molar refractivity (Wildman–Crippen MR) is 151 cm³/mol. The van der Waals surface area contributed by atoms with Crippen LogP contribution in [0.1, 0.15) is 111 Å². The lowest BCUT2D eigenvalue weighted by molar-refractivity contribution is -0.175. The molecular weight excluding hydrogens is 457 g/mol. The van der Waals surface area contributed by atoms with Crippen LogP contribution in [0.4, 0.5) is 4.39 Å². The van der Waals surface area contributed by atoms with Crippen LogP contribution in [0.25, 0.3) is 0 Å². The van der Waals surface area contributed by atoms with E-state index in [9.17, 15) is 9.50 Å². The first kappa shape index (κ1) is 26.5. The zero-order valence-electron chi connectivity index (χ0n) is 24.3. The zero-order valence-corrected chi connectivity index (χ0v) is 24.3. The van der Waals surface area contributed by atoms with Gasteiger partial charge in [0.1, 0.15) is 0 Å². The van der Waals surface area contributed by atoms with Gasteiger partial charge in [-0.05, 0) is 140 Å². The second kappa shape index (κ2) is 9.46. The maximum absolute atomic E-state index is 13.3. The molecule has 6 aliphatic rings. The quantitative estimate of drug-likeness (QED) is 0.392. The average Bonchev–Trinajstić information content (AvgIpc) is 3.32. The Balaban J connectivity index is 1.27. The Hall–Kier alpha value is -0.670. The summed E-state index contributed by atoms with van der Waals surface area (Å²) in [6, 6.07) is 0. The molecule has 2 nitrogen and oxygen atoms in total. The molecule has 0 aliphatic heterocycles. The van der Waals surface area contributed by atoms with Crippen LogP contribution in [-0.4, -0.2) is 30.5 Å². The molecule has 3 heteroatoms. The van der Waals surface area contributed by atoms with Crippen LogP contribution >= 0.6 is 0 Å². The fraction of sp³-hybridized carbons (Fsp3) is 0.882. The Labute approximate surface area is 226 Å². The van der Waals surface area contributed by atoms with E-state index < -0.39 is 0 Å². The van der Waals surface area contributed by atoms with Crippen molar-refractivity contribution in [3.8, 4) is 0 Å². The van der Waals surface area contributed by atoms with Crippen molar-refractivity contribution in [3.05, 3.63) is 23.3 Å². The molecule has 8 unspecified atom stereocenters. The number of fused-ring (bicyclic) bond motifs is 7. The number of alkyl halides is 1. The van der Waals surface area contributed by atoms with Crippen molar-refractivity contribution >= 4 is 0 Å². The molecule has 0 aromatic carbocycles. The summed E-state index contributed by atoms with van der Waals surface area (Å²) in [7, 11) is 0. The third kappa shape index (κ3) is 3.90. The molecule has 4 saturated carbocycles. The highest BCUT2D eigenvalue weighted by molar-refractivity contribution is 5.41. The largest absolute Gasteiger partial charge is 0.395 e. The van der Waals surface area contributed by atoms with Crippen molar-refractivity contribution < 1.29 is 9.50 Å². The molecule has 0 heterocycles. The number of aliphatic hydroxyl groups excluding tert-OH is 1. The van der Waals surface area contributed by atoms with E-state index in [0.29, 0.717) is 16.4 Å². The smallest absolute Gasteiger partial charge is 0.0925 e. The highest BCUT2D eigenvalue weighted by atomic mass is 19.1. The van der Waals surface area contributed by atoms with Crippen LogP contribution in [0.5, 0.6) is 0 Å². The molecule has 37 heavy (non-hydrogen) atoms. The number of nitrogens with one attached hydrogen (secondary N) is 1. The van der Waals surface area contributed by atoms with Crippen LogP contribution < -0.4 is 5.32 Å². The maximum Gasteiger partial charge on any atom is 0.0925 e. The summed E-state index contributed by atoms with van der Waals surface area (Å²) in [6.45, 7) is 11.4. The summed E-state index contributed by atoms with van der Waals surface area (Å²) in [5.74, 6) is 4.40. The molecule has 2 N–H and O–H groups in total. The number of rotatable bonds is 5. The van der Waals surface area contributed by atoms with E-state index in [1.54, 1.807) is 11.1 Å². The Morgan fingerprint density at radius 1 is 0.892 bits per heavy atom. The van der Waals surface area contributed by atoms with Crippen molar-refractivity contribution in [2.45, 2.75) is 117 Å². The van der Waals surface area contributed by atoms with E-state index in [4.69, 9.17) is 0 Å². The normalized spacial score (nSPS) is 48.7. The fourth-order valence-electron chi connectivity index (χ4n) is 12.3. The third-order valence-electron chi connectivity index (χ3n) is 13.8. The molecular formula is C34H54FNO. The molecule has 6 aliphatic carbocycles. The van der Waals surface area contributed by atoms with Gasteiger partial charge in [0.25, 0.3) is 0 Å². The second-order valence-electron chi connectivity index (χ2n) is 15.4. The fourth-order valence-corrected chi connectivity index (χ4v) is 12.3. The Bertz CT molecular complexity index is 938. The van der Waals surface area contributed by atoms with Crippen molar-refractivity contribution in [1.82, 2.24) is 5.32 Å². The topological polar surface area (TPSA) is 32.3 Å². The maximum atomic E-state index is 13.3. The van der Waals surface area contributed by atoms with Gasteiger partial charge in [-0.15, -0.1) is 0 Å². The van der Waals surface area contributed by atoms with Gasteiger partial charge in [-0.2, -0.15) is 0 Å². The summed E-state index contributed by atoms with van der Waals surface area (Å²) in [5.41, 5.74) is 4.55. The minimum Gasteiger partial charge on any atom is -0.395 e. The standard InChI is InChI=1S/C34H54FNO/c1-31(2)26(24-9-7-23(22-35)8-10-24)13-17-33(4)29(31)15-18-32(3)27-14-19-34(36-20-21-37)16-5-6-28(34)25(27)11-12-30(32)33/h9,13,23,25,27-30,36-37H,5-8,10-12,14-22H2,1-4H3/t23?,25?,27?,28?,29?,30?,32?,33-,34?/m0/s1. The van der Waals surface area contributed by atoms with E-state index in [-0.39, 0.29) is 24.6 Å². The van der Waals surface area contributed by atoms with E-state index in [2.05, 4.69) is 45.2 Å². The second-order valence-corrected chi connectivity index (χ2v) is 15.4. The summed E-state index contributed by atoms with van der Waals surface area (Å²) < 4.78 is 13.3. The lowest BCUT2D eigenvalue weighted by atomic mass is 9.37. The van der Waals surface area contributed by atoms with Gasteiger partial charge in [0.05, 0.1) is 13.3 Å². The average molecular weight is 512 g/mol. The highest BCUT2D eigenvalue weighted by Crippen LogP contribution is 2.72. The van der Waals surface area contributed by atoms with Crippen molar-refractivity contribution in [3.63, 3.8) is 0 Å². The first-order chi connectivity index (χ1) is 17.7. The SMILES string of the molecule is CC1(C)C(C2=CCC(CF)CC2)=CC[C@@]2(C)C1CCC1(C)C3CCC4(NCCO)CCCC4C3CCC12. The van der Waals surface area contributed by atoms with Gasteiger partial charge >= 0.3 is 0 Å². The summed E-state index contributed by atoms with van der Waals surface area (Å²) in [5, 5.41) is 13.4. The van der Waals surface area contributed by atoms with Crippen LogP contribution in [0.3, 0.4) is 0 Å². The lowest BCUT2D eigenvalue weighted by Crippen LogP contribution is -2.63. The van der Waals surface area contributed by atoms with Crippen LogP contribution in [0.15, 0.2) is 23.3 Å². The first-order valence-electron chi connectivity index (χ1n) is 16.0. The van der Waals surface area contributed by atoms with Gasteiger partial charge in [0.2, 0.25) is 0 Å². The Morgan fingerprint density at radius 3 is 2.46 bits per heavy atom. The number of allylic oxidation sites excluding steroid dienone is 4. The summed E-state index contributed by atoms with van der Waals surface area (Å²) >= 11 is 0. The summed E-state index contributed by atoms with van der Waals surface area (Å²) in [4.78, 5) is 0. The van der Waals surface area contributed by atoms with Gasteiger partial charge in [0.15, 0.2) is 0 Å². The predicted octanol–water partition coefficient (Wildman–Crippen LogP) is 8.02.